The highest BCUT2D eigenvalue weighted by molar-refractivity contribution is 5.92. The van der Waals surface area contributed by atoms with Gasteiger partial charge < -0.3 is 25.0 Å². The summed E-state index contributed by atoms with van der Waals surface area (Å²) in [6.45, 7) is 17.6. The van der Waals surface area contributed by atoms with E-state index >= 15 is 0 Å². The SMILES string of the molecule is C=Cc1cccc(C(C(=O)NCCC(=O)OCC)N(CCCCCCC)C(=O)C(CC(C)C)NC(=O)OC(C)(C)C)c1. The second-order valence-electron chi connectivity index (χ2n) is 11.9. The number of hydrogen-bond donors (Lipinski definition) is 2. The van der Waals surface area contributed by atoms with Gasteiger partial charge in [-0.2, -0.15) is 0 Å². The Morgan fingerprint density at radius 1 is 1.05 bits per heavy atom. The summed E-state index contributed by atoms with van der Waals surface area (Å²) in [6, 6.07) is 5.44. The fourth-order valence-corrected chi connectivity index (χ4v) is 4.54. The molecule has 0 fully saturated rings. The topological polar surface area (TPSA) is 114 Å². The number of esters is 1. The van der Waals surface area contributed by atoms with Crippen molar-refractivity contribution in [3.05, 3.63) is 42.0 Å². The first-order valence-corrected chi connectivity index (χ1v) is 15.3. The van der Waals surface area contributed by atoms with Gasteiger partial charge in [0.1, 0.15) is 17.7 Å². The molecule has 2 unspecified atom stereocenters. The molecule has 0 bridgehead atoms. The maximum Gasteiger partial charge on any atom is 0.408 e. The third kappa shape index (κ3) is 14.0. The number of carbonyl (C=O) groups excluding carboxylic acids is 4. The largest absolute Gasteiger partial charge is 0.466 e. The predicted octanol–water partition coefficient (Wildman–Crippen LogP) is 6.18. The van der Waals surface area contributed by atoms with Gasteiger partial charge in [0.05, 0.1) is 13.0 Å². The molecular weight excluding hydrogens is 534 g/mol. The molecule has 0 radical (unpaired) electrons. The Balaban J connectivity index is 3.49. The third-order valence-corrected chi connectivity index (χ3v) is 6.44. The standard InChI is InChI=1S/C33H53N3O6/c1-9-12-13-14-15-21-36(31(39)27(22-24(4)5)35-32(40)42-33(6,7)8)29(26-18-16-17-25(10-2)23-26)30(38)34-20-19-28(37)41-11-3/h10,16-18,23-24,27,29H,2,9,11-15,19-22H2,1,3-8H3,(H,34,38)(H,35,40). The van der Waals surface area contributed by atoms with Crippen molar-refractivity contribution in [1.82, 2.24) is 15.5 Å². The number of nitrogens with zero attached hydrogens (tertiary/aromatic N) is 1. The lowest BCUT2D eigenvalue weighted by Gasteiger charge is -2.35. The molecule has 1 rings (SSSR count). The van der Waals surface area contributed by atoms with Crippen molar-refractivity contribution in [2.45, 2.75) is 111 Å². The number of ether oxygens (including phenoxy) is 2. The summed E-state index contributed by atoms with van der Waals surface area (Å²) in [6.07, 6.45) is 6.16. The molecule has 9 nitrogen and oxygen atoms in total. The molecule has 236 valence electrons. The van der Waals surface area contributed by atoms with Crippen molar-refractivity contribution >= 4 is 30.0 Å². The number of unbranched alkanes of at least 4 members (excludes halogenated alkanes) is 4. The summed E-state index contributed by atoms with van der Waals surface area (Å²) in [5.74, 6) is -1.10. The average molecular weight is 588 g/mol. The molecule has 2 N–H and O–H groups in total. The van der Waals surface area contributed by atoms with E-state index in [1.807, 2.05) is 32.0 Å². The van der Waals surface area contributed by atoms with Crippen LogP contribution in [0.5, 0.6) is 0 Å². The van der Waals surface area contributed by atoms with Gasteiger partial charge in [0.15, 0.2) is 0 Å². The highest BCUT2D eigenvalue weighted by atomic mass is 16.6. The van der Waals surface area contributed by atoms with Crippen LogP contribution >= 0.6 is 0 Å². The van der Waals surface area contributed by atoms with Crippen molar-refractivity contribution in [3.8, 4) is 0 Å². The molecule has 0 spiro atoms. The van der Waals surface area contributed by atoms with Gasteiger partial charge in [0.25, 0.3) is 0 Å². The number of amides is 3. The van der Waals surface area contributed by atoms with Gasteiger partial charge in [0, 0.05) is 13.1 Å². The smallest absolute Gasteiger partial charge is 0.408 e. The minimum atomic E-state index is -0.985. The molecule has 0 aromatic heterocycles. The van der Waals surface area contributed by atoms with Gasteiger partial charge >= 0.3 is 12.1 Å². The molecular formula is C33H53N3O6. The third-order valence-electron chi connectivity index (χ3n) is 6.44. The van der Waals surface area contributed by atoms with E-state index in [2.05, 4.69) is 24.1 Å². The van der Waals surface area contributed by atoms with Crippen LogP contribution in [0.4, 0.5) is 4.79 Å². The second-order valence-corrected chi connectivity index (χ2v) is 11.9. The predicted molar refractivity (Wildman–Crippen MR) is 167 cm³/mol. The van der Waals surface area contributed by atoms with Crippen molar-refractivity contribution < 1.29 is 28.7 Å². The molecule has 0 saturated carbocycles. The minimum absolute atomic E-state index is 0.0140. The zero-order chi connectivity index (χ0) is 31.7. The highest BCUT2D eigenvalue weighted by Crippen LogP contribution is 2.26. The number of rotatable bonds is 18. The molecule has 1 aromatic carbocycles. The van der Waals surface area contributed by atoms with E-state index in [0.717, 1.165) is 31.2 Å². The van der Waals surface area contributed by atoms with E-state index in [1.165, 1.54) is 0 Å². The second kappa shape index (κ2) is 18.9. The molecule has 0 aliphatic heterocycles. The zero-order valence-electron chi connectivity index (χ0n) is 26.8. The van der Waals surface area contributed by atoms with Gasteiger partial charge in [-0.05, 0) is 63.6 Å². The van der Waals surface area contributed by atoms with Gasteiger partial charge in [-0.1, -0.05) is 77.3 Å². The molecule has 3 amide bonds. The quantitative estimate of drug-likeness (QED) is 0.157. The summed E-state index contributed by atoms with van der Waals surface area (Å²) < 4.78 is 10.5. The number of alkyl carbamates (subject to hydrolysis) is 1. The summed E-state index contributed by atoms with van der Waals surface area (Å²) >= 11 is 0. The Hall–Kier alpha value is -3.36. The Morgan fingerprint density at radius 3 is 2.33 bits per heavy atom. The summed E-state index contributed by atoms with van der Waals surface area (Å²) in [5.41, 5.74) is 0.683. The van der Waals surface area contributed by atoms with Crippen LogP contribution < -0.4 is 10.6 Å². The average Bonchev–Trinajstić information content (AvgIpc) is 2.90. The van der Waals surface area contributed by atoms with E-state index in [9.17, 15) is 19.2 Å². The molecule has 2 atom stereocenters. The van der Waals surface area contributed by atoms with E-state index in [-0.39, 0.29) is 31.4 Å². The monoisotopic (exact) mass is 587 g/mol. The maximum atomic E-state index is 14.3. The summed E-state index contributed by atoms with van der Waals surface area (Å²) in [7, 11) is 0. The van der Waals surface area contributed by atoms with Crippen LogP contribution in [-0.2, 0) is 23.9 Å². The Morgan fingerprint density at radius 2 is 1.74 bits per heavy atom. The Bertz CT molecular complexity index is 1020. The zero-order valence-corrected chi connectivity index (χ0v) is 26.8. The lowest BCUT2D eigenvalue weighted by Crippen LogP contribution is -2.53. The molecule has 9 heteroatoms. The number of benzene rings is 1. The molecule has 1 aromatic rings. The Labute approximate surface area is 252 Å². The number of hydrogen-bond acceptors (Lipinski definition) is 6. The van der Waals surface area contributed by atoms with Crippen molar-refractivity contribution in [2.24, 2.45) is 5.92 Å². The first kappa shape index (κ1) is 36.7. The molecule has 42 heavy (non-hydrogen) atoms. The van der Waals surface area contributed by atoms with E-state index in [0.29, 0.717) is 24.9 Å². The van der Waals surface area contributed by atoms with Gasteiger partial charge in [-0.15, -0.1) is 0 Å². The normalized spacial score (nSPS) is 12.7. The number of nitrogens with one attached hydrogen (secondary N) is 2. The van der Waals surface area contributed by atoms with Gasteiger partial charge in [-0.3, -0.25) is 14.4 Å². The lowest BCUT2D eigenvalue weighted by molar-refractivity contribution is -0.144. The van der Waals surface area contributed by atoms with Crippen molar-refractivity contribution in [2.75, 3.05) is 19.7 Å². The summed E-state index contributed by atoms with van der Waals surface area (Å²) in [4.78, 5) is 54.4. The molecule has 0 aliphatic carbocycles. The maximum absolute atomic E-state index is 14.3. The van der Waals surface area contributed by atoms with E-state index < -0.39 is 35.7 Å². The molecule has 0 saturated heterocycles. The first-order chi connectivity index (χ1) is 19.8. The van der Waals surface area contributed by atoms with E-state index in [4.69, 9.17) is 9.47 Å². The van der Waals surface area contributed by atoms with Crippen LogP contribution in [0, 0.1) is 5.92 Å². The minimum Gasteiger partial charge on any atom is -0.466 e. The summed E-state index contributed by atoms with van der Waals surface area (Å²) in [5, 5.41) is 5.61. The molecule has 0 aliphatic rings. The van der Waals surface area contributed by atoms with E-state index in [1.54, 1.807) is 44.7 Å². The fourth-order valence-electron chi connectivity index (χ4n) is 4.54. The van der Waals surface area contributed by atoms with Crippen LogP contribution in [0.2, 0.25) is 0 Å². The van der Waals surface area contributed by atoms with Crippen LogP contribution in [0.15, 0.2) is 30.8 Å². The van der Waals surface area contributed by atoms with Crippen LogP contribution in [-0.4, -0.2) is 60.1 Å². The van der Waals surface area contributed by atoms with Crippen LogP contribution in [0.1, 0.15) is 111 Å². The van der Waals surface area contributed by atoms with Crippen LogP contribution in [0.25, 0.3) is 6.08 Å². The first-order valence-electron chi connectivity index (χ1n) is 15.3. The van der Waals surface area contributed by atoms with Gasteiger partial charge in [0.2, 0.25) is 11.8 Å². The highest BCUT2D eigenvalue weighted by Gasteiger charge is 2.36. The Kier molecular flexibility index (Phi) is 16.5. The van der Waals surface area contributed by atoms with Crippen molar-refractivity contribution in [3.63, 3.8) is 0 Å². The fraction of sp³-hybridized carbons (Fsp3) is 0.636. The van der Waals surface area contributed by atoms with Gasteiger partial charge in [-0.25, -0.2) is 4.79 Å². The lowest BCUT2D eigenvalue weighted by atomic mass is 9.97. The van der Waals surface area contributed by atoms with Crippen LogP contribution in [0.3, 0.4) is 0 Å². The molecule has 0 heterocycles. The number of carbonyl (C=O) groups is 4. The van der Waals surface area contributed by atoms with Crippen molar-refractivity contribution in [1.29, 1.82) is 0 Å².